The number of benzene rings is 1. The molecule has 26 heavy (non-hydrogen) atoms. The summed E-state index contributed by atoms with van der Waals surface area (Å²) in [5.74, 6) is 0.583. The molecule has 0 aliphatic carbocycles. The second-order valence-corrected chi connectivity index (χ2v) is 9.88. The second kappa shape index (κ2) is 6.04. The van der Waals surface area contributed by atoms with E-state index in [1.54, 1.807) is 13.8 Å². The third-order valence-corrected chi connectivity index (χ3v) is 7.48. The van der Waals surface area contributed by atoms with Crippen molar-refractivity contribution in [2.45, 2.75) is 57.7 Å². The van der Waals surface area contributed by atoms with Gasteiger partial charge in [0.15, 0.2) is 0 Å². The minimum absolute atomic E-state index is 0.00571. The van der Waals surface area contributed by atoms with Gasteiger partial charge in [-0.3, -0.25) is 9.69 Å². The maximum absolute atomic E-state index is 13.0. The fourth-order valence-electron chi connectivity index (χ4n) is 4.75. The van der Waals surface area contributed by atoms with Gasteiger partial charge in [0, 0.05) is 21.8 Å². The molecule has 3 fully saturated rings. The highest BCUT2D eigenvalue weighted by Gasteiger charge is 2.48. The molecule has 4 heterocycles. The van der Waals surface area contributed by atoms with Gasteiger partial charge in [0.2, 0.25) is 0 Å². The van der Waals surface area contributed by atoms with Gasteiger partial charge in [0.05, 0.1) is 10.5 Å². The van der Waals surface area contributed by atoms with Crippen LogP contribution in [0.2, 0.25) is 0 Å². The van der Waals surface area contributed by atoms with Crippen molar-refractivity contribution in [3.8, 4) is 0 Å². The number of thiophene rings is 1. The van der Waals surface area contributed by atoms with E-state index in [-0.39, 0.29) is 17.5 Å². The Bertz CT molecular complexity index is 841. The number of nitrogens with zero attached hydrogens (tertiary/aromatic N) is 1. The lowest BCUT2D eigenvalue weighted by atomic mass is 9.72. The number of hydrogen-bond acceptors (Lipinski definition) is 4. The first-order valence-corrected chi connectivity index (χ1v) is 10.3. The van der Waals surface area contributed by atoms with Crippen LogP contribution in [0.5, 0.6) is 0 Å². The minimum Gasteiger partial charge on any atom is -0.386 e. The van der Waals surface area contributed by atoms with Crippen molar-refractivity contribution in [2.75, 3.05) is 13.1 Å². The zero-order valence-corrected chi connectivity index (χ0v) is 16.8. The van der Waals surface area contributed by atoms with E-state index >= 15 is 0 Å². The topological polar surface area (TPSA) is 52.6 Å². The van der Waals surface area contributed by atoms with E-state index in [9.17, 15) is 9.90 Å². The summed E-state index contributed by atoms with van der Waals surface area (Å²) >= 11 is 1.48. The number of nitrogens with one attached hydrogen (secondary N) is 1. The number of amides is 1. The molecule has 0 saturated carbocycles. The summed E-state index contributed by atoms with van der Waals surface area (Å²) in [5.41, 5.74) is -0.0380. The van der Waals surface area contributed by atoms with Gasteiger partial charge >= 0.3 is 0 Å². The SMILES string of the molecule is CC(C)(O)c1cccc2cc(C(=O)NC3C4CCN(CC4)C3(C)C)sc12. The van der Waals surface area contributed by atoms with E-state index in [0.29, 0.717) is 5.92 Å². The molecule has 1 atom stereocenters. The molecule has 1 aromatic heterocycles. The number of hydrogen-bond donors (Lipinski definition) is 2. The molecule has 5 rings (SSSR count). The van der Waals surface area contributed by atoms with Crippen molar-refractivity contribution in [3.05, 3.63) is 34.7 Å². The zero-order chi connectivity index (χ0) is 18.7. The summed E-state index contributed by atoms with van der Waals surface area (Å²) in [7, 11) is 0. The van der Waals surface area contributed by atoms with E-state index in [1.807, 2.05) is 24.3 Å². The molecular weight excluding hydrogens is 344 g/mol. The van der Waals surface area contributed by atoms with E-state index < -0.39 is 5.60 Å². The van der Waals surface area contributed by atoms with Crippen LogP contribution in [0, 0.1) is 5.92 Å². The summed E-state index contributed by atoms with van der Waals surface area (Å²) in [6, 6.07) is 8.04. The van der Waals surface area contributed by atoms with Crippen molar-refractivity contribution in [2.24, 2.45) is 5.92 Å². The maximum atomic E-state index is 13.0. The molecule has 5 heteroatoms. The first-order valence-electron chi connectivity index (χ1n) is 9.49. The number of fused-ring (bicyclic) bond motifs is 4. The molecule has 2 aromatic rings. The zero-order valence-electron chi connectivity index (χ0n) is 16.0. The third kappa shape index (κ3) is 2.86. The molecule has 0 spiro atoms. The van der Waals surface area contributed by atoms with Gasteiger partial charge in [-0.2, -0.15) is 0 Å². The third-order valence-electron chi connectivity index (χ3n) is 6.30. The molecule has 3 aliphatic heterocycles. The number of piperidine rings is 3. The second-order valence-electron chi connectivity index (χ2n) is 8.82. The highest BCUT2D eigenvalue weighted by Crippen LogP contribution is 2.40. The van der Waals surface area contributed by atoms with E-state index in [0.717, 1.165) is 33.6 Å². The summed E-state index contributed by atoms with van der Waals surface area (Å²) in [6.07, 6.45) is 2.34. The Morgan fingerprint density at radius 2 is 2.00 bits per heavy atom. The number of aliphatic hydroxyl groups is 1. The van der Waals surface area contributed by atoms with Crippen LogP contribution in [0.15, 0.2) is 24.3 Å². The number of carbonyl (C=O) groups is 1. The smallest absolute Gasteiger partial charge is 0.261 e. The van der Waals surface area contributed by atoms with Gasteiger partial charge < -0.3 is 10.4 Å². The van der Waals surface area contributed by atoms with Crippen molar-refractivity contribution in [3.63, 3.8) is 0 Å². The summed E-state index contributed by atoms with van der Waals surface area (Å²) < 4.78 is 0.998. The lowest BCUT2D eigenvalue weighted by Gasteiger charge is -2.56. The molecule has 3 aliphatic rings. The Hall–Kier alpha value is -1.43. The van der Waals surface area contributed by atoms with E-state index in [4.69, 9.17) is 0 Å². The van der Waals surface area contributed by atoms with Crippen molar-refractivity contribution in [1.82, 2.24) is 10.2 Å². The Morgan fingerprint density at radius 3 is 2.62 bits per heavy atom. The Kier molecular flexibility index (Phi) is 4.17. The van der Waals surface area contributed by atoms with Crippen LogP contribution in [-0.2, 0) is 5.60 Å². The highest BCUT2D eigenvalue weighted by molar-refractivity contribution is 7.21. The largest absolute Gasteiger partial charge is 0.386 e. The van der Waals surface area contributed by atoms with Crippen molar-refractivity contribution >= 4 is 27.3 Å². The summed E-state index contributed by atoms with van der Waals surface area (Å²) in [5, 5.41) is 14.8. The standard InChI is InChI=1S/C21H28N2O2S/c1-20(2)18(13-8-10-23(20)11-9-13)22-19(24)16-12-14-6-5-7-15(17(14)26-16)21(3,4)25/h5-7,12-13,18,25H,8-11H2,1-4H3,(H,22,24). The van der Waals surface area contributed by atoms with Gasteiger partial charge in [0.1, 0.15) is 0 Å². The molecule has 3 saturated heterocycles. The van der Waals surface area contributed by atoms with Gasteiger partial charge in [0.25, 0.3) is 5.91 Å². The molecule has 4 nitrogen and oxygen atoms in total. The van der Waals surface area contributed by atoms with Crippen LogP contribution in [0.4, 0.5) is 0 Å². The first-order chi connectivity index (χ1) is 12.2. The monoisotopic (exact) mass is 372 g/mol. The van der Waals surface area contributed by atoms with Crippen LogP contribution in [0.25, 0.3) is 10.1 Å². The number of carbonyl (C=O) groups excluding carboxylic acids is 1. The van der Waals surface area contributed by atoms with Crippen LogP contribution in [0.3, 0.4) is 0 Å². The van der Waals surface area contributed by atoms with E-state index in [1.165, 1.54) is 24.2 Å². The fraction of sp³-hybridized carbons (Fsp3) is 0.571. The van der Waals surface area contributed by atoms with Crippen LogP contribution < -0.4 is 5.32 Å². The average molecular weight is 373 g/mol. The van der Waals surface area contributed by atoms with Crippen molar-refractivity contribution < 1.29 is 9.90 Å². The van der Waals surface area contributed by atoms with Gasteiger partial charge in [-0.25, -0.2) is 0 Å². The molecule has 2 bridgehead atoms. The quantitative estimate of drug-likeness (QED) is 0.863. The molecule has 1 aromatic carbocycles. The molecule has 1 amide bonds. The maximum Gasteiger partial charge on any atom is 0.261 e. The molecular formula is C21H28N2O2S. The Labute approximate surface area is 159 Å². The van der Waals surface area contributed by atoms with Crippen molar-refractivity contribution in [1.29, 1.82) is 0 Å². The predicted molar refractivity (Wildman–Crippen MR) is 107 cm³/mol. The first kappa shape index (κ1) is 18.0. The summed E-state index contributed by atoms with van der Waals surface area (Å²) in [4.78, 5) is 16.3. The van der Waals surface area contributed by atoms with E-state index in [2.05, 4.69) is 24.1 Å². The lowest BCUT2D eigenvalue weighted by molar-refractivity contribution is -0.0377. The van der Waals surface area contributed by atoms with Gasteiger partial charge in [-0.15, -0.1) is 11.3 Å². The highest BCUT2D eigenvalue weighted by atomic mass is 32.1. The molecule has 1 unspecified atom stereocenters. The number of rotatable bonds is 3. The average Bonchev–Trinajstić information content (AvgIpc) is 3.01. The van der Waals surface area contributed by atoms with Gasteiger partial charge in [-0.1, -0.05) is 18.2 Å². The molecule has 0 radical (unpaired) electrons. The molecule has 140 valence electrons. The van der Waals surface area contributed by atoms with Crippen LogP contribution in [-0.4, -0.2) is 40.6 Å². The van der Waals surface area contributed by atoms with Crippen LogP contribution in [0.1, 0.15) is 55.8 Å². The van der Waals surface area contributed by atoms with Crippen LogP contribution >= 0.6 is 11.3 Å². The van der Waals surface area contributed by atoms with Gasteiger partial charge in [-0.05, 0) is 71.0 Å². The Balaban J connectivity index is 1.63. The predicted octanol–water partition coefficient (Wildman–Crippen LogP) is 3.73. The normalized spacial score (nSPS) is 27.7. The lowest BCUT2D eigenvalue weighted by Crippen LogP contribution is -2.69. The fourth-order valence-corrected chi connectivity index (χ4v) is 5.98. The summed E-state index contributed by atoms with van der Waals surface area (Å²) in [6.45, 7) is 10.4. The minimum atomic E-state index is -0.921. The molecule has 2 N–H and O–H groups in total. The Morgan fingerprint density at radius 1 is 1.31 bits per heavy atom.